The maximum atomic E-state index is 12.7. The van der Waals surface area contributed by atoms with Crippen molar-refractivity contribution in [3.05, 3.63) is 30.1 Å². The van der Waals surface area contributed by atoms with Gasteiger partial charge in [0.25, 0.3) is 0 Å². The van der Waals surface area contributed by atoms with E-state index >= 15 is 0 Å². The van der Waals surface area contributed by atoms with Gasteiger partial charge < -0.3 is 16.4 Å². The van der Waals surface area contributed by atoms with Crippen molar-refractivity contribution in [2.75, 3.05) is 18.4 Å². The summed E-state index contributed by atoms with van der Waals surface area (Å²) in [6.45, 7) is 0.762. The largest absolute Gasteiger partial charge is 0.337 e. The minimum atomic E-state index is -0.388. The average molecular weight is 197 g/mol. The topological polar surface area (TPSA) is 67.1 Å². The number of hydrogen-bond donors (Lipinski definition) is 3. The Bertz CT molecular complexity index is 317. The molecule has 4 N–H and O–H groups in total. The lowest BCUT2D eigenvalue weighted by molar-refractivity contribution is 0.252. The van der Waals surface area contributed by atoms with Crippen LogP contribution in [-0.4, -0.2) is 19.1 Å². The molecule has 1 aromatic rings. The Morgan fingerprint density at radius 1 is 1.50 bits per heavy atom. The highest BCUT2D eigenvalue weighted by molar-refractivity contribution is 5.89. The smallest absolute Gasteiger partial charge is 0.319 e. The zero-order valence-corrected chi connectivity index (χ0v) is 7.59. The Morgan fingerprint density at radius 3 is 2.93 bits per heavy atom. The number of hydrogen-bond acceptors (Lipinski definition) is 2. The number of rotatable bonds is 3. The van der Waals surface area contributed by atoms with Crippen molar-refractivity contribution in [2.24, 2.45) is 5.73 Å². The van der Waals surface area contributed by atoms with E-state index in [1.165, 1.54) is 18.2 Å². The van der Waals surface area contributed by atoms with Crippen molar-refractivity contribution in [1.29, 1.82) is 0 Å². The SMILES string of the molecule is NCCNC(=O)Nc1cccc(F)c1. The van der Waals surface area contributed by atoms with E-state index in [1.807, 2.05) is 0 Å². The minimum absolute atomic E-state index is 0.372. The molecule has 0 aliphatic rings. The summed E-state index contributed by atoms with van der Waals surface area (Å²) in [7, 11) is 0. The maximum absolute atomic E-state index is 12.7. The van der Waals surface area contributed by atoms with Crippen LogP contribution in [0.4, 0.5) is 14.9 Å². The van der Waals surface area contributed by atoms with Gasteiger partial charge in [-0.25, -0.2) is 9.18 Å². The first kappa shape index (κ1) is 10.5. The summed E-state index contributed by atoms with van der Waals surface area (Å²) in [5.41, 5.74) is 5.61. The Balaban J connectivity index is 2.47. The van der Waals surface area contributed by atoms with Gasteiger partial charge >= 0.3 is 6.03 Å². The van der Waals surface area contributed by atoms with Crippen molar-refractivity contribution < 1.29 is 9.18 Å². The van der Waals surface area contributed by atoms with Crippen LogP contribution in [0.5, 0.6) is 0 Å². The van der Waals surface area contributed by atoms with E-state index in [0.29, 0.717) is 18.8 Å². The van der Waals surface area contributed by atoms with Gasteiger partial charge in [0.05, 0.1) is 0 Å². The minimum Gasteiger partial charge on any atom is -0.337 e. The van der Waals surface area contributed by atoms with Crippen LogP contribution in [-0.2, 0) is 0 Å². The molecule has 14 heavy (non-hydrogen) atoms. The van der Waals surface area contributed by atoms with E-state index in [0.717, 1.165) is 0 Å². The van der Waals surface area contributed by atoms with Crippen LogP contribution >= 0.6 is 0 Å². The van der Waals surface area contributed by atoms with E-state index in [9.17, 15) is 9.18 Å². The number of halogens is 1. The Kier molecular flexibility index (Phi) is 3.87. The monoisotopic (exact) mass is 197 g/mol. The predicted octanol–water partition coefficient (Wildman–Crippen LogP) is 0.906. The van der Waals surface area contributed by atoms with Gasteiger partial charge in [-0.3, -0.25) is 0 Å². The third kappa shape index (κ3) is 3.40. The highest BCUT2D eigenvalue weighted by Gasteiger charge is 2.00. The highest BCUT2D eigenvalue weighted by Crippen LogP contribution is 2.08. The number of nitrogens with two attached hydrogens (primary N) is 1. The Labute approximate surface area is 81.3 Å². The van der Waals surface area contributed by atoms with Gasteiger partial charge in [0.1, 0.15) is 5.82 Å². The highest BCUT2D eigenvalue weighted by atomic mass is 19.1. The molecule has 0 saturated carbocycles. The first-order valence-corrected chi connectivity index (χ1v) is 4.23. The van der Waals surface area contributed by atoms with E-state index in [2.05, 4.69) is 10.6 Å². The summed E-state index contributed by atoms with van der Waals surface area (Å²) in [5.74, 6) is -0.387. The number of amides is 2. The van der Waals surface area contributed by atoms with Gasteiger partial charge in [0.2, 0.25) is 0 Å². The van der Waals surface area contributed by atoms with Gasteiger partial charge in [0, 0.05) is 18.8 Å². The van der Waals surface area contributed by atoms with Gasteiger partial charge in [-0.1, -0.05) is 6.07 Å². The molecule has 0 heterocycles. The summed E-state index contributed by atoms with van der Waals surface area (Å²) in [6, 6.07) is 5.28. The fourth-order valence-corrected chi connectivity index (χ4v) is 0.927. The molecule has 0 atom stereocenters. The first-order chi connectivity index (χ1) is 6.72. The zero-order chi connectivity index (χ0) is 10.4. The van der Waals surface area contributed by atoms with E-state index in [-0.39, 0.29) is 11.8 Å². The third-order valence-corrected chi connectivity index (χ3v) is 1.51. The molecular weight excluding hydrogens is 185 g/mol. The summed E-state index contributed by atoms with van der Waals surface area (Å²) >= 11 is 0. The summed E-state index contributed by atoms with van der Waals surface area (Å²) in [6.07, 6.45) is 0. The lowest BCUT2D eigenvalue weighted by Crippen LogP contribution is -2.32. The first-order valence-electron chi connectivity index (χ1n) is 4.23. The normalized spacial score (nSPS) is 9.57. The van der Waals surface area contributed by atoms with E-state index < -0.39 is 0 Å². The van der Waals surface area contributed by atoms with Crippen molar-refractivity contribution >= 4 is 11.7 Å². The van der Waals surface area contributed by atoms with Crippen LogP contribution in [0, 0.1) is 5.82 Å². The maximum Gasteiger partial charge on any atom is 0.319 e. The molecule has 0 saturated heterocycles. The second-order valence-corrected chi connectivity index (χ2v) is 2.68. The summed E-state index contributed by atoms with van der Waals surface area (Å²) in [5, 5.41) is 4.97. The van der Waals surface area contributed by atoms with Crippen LogP contribution in [0.1, 0.15) is 0 Å². The zero-order valence-electron chi connectivity index (χ0n) is 7.59. The molecule has 1 rings (SSSR count). The number of anilines is 1. The molecular formula is C9H12FN3O. The van der Waals surface area contributed by atoms with Crippen LogP contribution in [0.25, 0.3) is 0 Å². The van der Waals surface area contributed by atoms with Gasteiger partial charge in [-0.15, -0.1) is 0 Å². The fraction of sp³-hybridized carbons (Fsp3) is 0.222. The molecule has 76 valence electrons. The molecule has 0 aliphatic heterocycles. The average Bonchev–Trinajstić information content (AvgIpc) is 2.15. The molecule has 0 aromatic heterocycles. The molecule has 0 unspecified atom stereocenters. The van der Waals surface area contributed by atoms with Gasteiger partial charge in [0.15, 0.2) is 0 Å². The molecule has 4 nitrogen and oxygen atoms in total. The molecule has 1 aromatic carbocycles. The van der Waals surface area contributed by atoms with Crippen LogP contribution in [0.2, 0.25) is 0 Å². The Hall–Kier alpha value is -1.62. The number of nitrogens with one attached hydrogen (secondary N) is 2. The van der Waals surface area contributed by atoms with E-state index in [1.54, 1.807) is 6.07 Å². The number of benzene rings is 1. The quantitative estimate of drug-likeness (QED) is 0.674. The molecule has 0 radical (unpaired) electrons. The van der Waals surface area contributed by atoms with Crippen LogP contribution in [0.3, 0.4) is 0 Å². The van der Waals surface area contributed by atoms with Crippen LogP contribution in [0.15, 0.2) is 24.3 Å². The second kappa shape index (κ2) is 5.18. The summed E-state index contributed by atoms with van der Waals surface area (Å²) in [4.78, 5) is 11.1. The van der Waals surface area contributed by atoms with Crippen molar-refractivity contribution in [3.8, 4) is 0 Å². The number of carbonyl (C=O) groups excluding carboxylic acids is 1. The van der Waals surface area contributed by atoms with Crippen molar-refractivity contribution in [3.63, 3.8) is 0 Å². The van der Waals surface area contributed by atoms with Crippen molar-refractivity contribution in [1.82, 2.24) is 5.32 Å². The lowest BCUT2D eigenvalue weighted by Gasteiger charge is -2.05. The number of urea groups is 1. The standard InChI is InChI=1S/C9H12FN3O/c10-7-2-1-3-8(6-7)13-9(14)12-5-4-11/h1-3,6H,4-5,11H2,(H2,12,13,14). The second-order valence-electron chi connectivity index (χ2n) is 2.68. The predicted molar refractivity (Wildman–Crippen MR) is 52.5 cm³/mol. The molecule has 0 spiro atoms. The van der Waals surface area contributed by atoms with Gasteiger partial charge in [-0.05, 0) is 18.2 Å². The molecule has 0 aliphatic carbocycles. The lowest BCUT2D eigenvalue weighted by atomic mass is 10.3. The van der Waals surface area contributed by atoms with E-state index in [4.69, 9.17) is 5.73 Å². The molecule has 5 heteroatoms. The number of carbonyl (C=O) groups is 1. The third-order valence-electron chi connectivity index (χ3n) is 1.51. The summed E-state index contributed by atoms with van der Waals surface area (Å²) < 4.78 is 12.7. The van der Waals surface area contributed by atoms with Crippen molar-refractivity contribution in [2.45, 2.75) is 0 Å². The fourth-order valence-electron chi connectivity index (χ4n) is 0.927. The van der Waals surface area contributed by atoms with Gasteiger partial charge in [-0.2, -0.15) is 0 Å². The molecule has 0 fully saturated rings. The molecule has 0 bridgehead atoms. The molecule has 2 amide bonds. The Morgan fingerprint density at radius 2 is 2.29 bits per heavy atom. The van der Waals surface area contributed by atoms with Crippen LogP contribution < -0.4 is 16.4 Å².